The number of halogens is 3. The van der Waals surface area contributed by atoms with Crippen LogP contribution < -0.4 is 16.0 Å². The van der Waals surface area contributed by atoms with E-state index < -0.39 is 17.5 Å². The lowest BCUT2D eigenvalue weighted by atomic mass is 9.99. The van der Waals surface area contributed by atoms with Gasteiger partial charge in [-0.15, -0.1) is 12.4 Å². The Kier molecular flexibility index (Phi) is 7.34. The maximum atomic E-state index is 13.5. The molecule has 2 bridgehead atoms. The molecule has 0 spiro atoms. The number of hydrogen-bond acceptors (Lipinski definition) is 3. The smallest absolute Gasteiger partial charge is 0.254 e. The van der Waals surface area contributed by atoms with Crippen LogP contribution in [0.25, 0.3) is 0 Å². The summed E-state index contributed by atoms with van der Waals surface area (Å²) in [6.45, 7) is 0.264. The fourth-order valence-corrected chi connectivity index (χ4v) is 3.69. The van der Waals surface area contributed by atoms with Gasteiger partial charge in [-0.1, -0.05) is 0 Å². The van der Waals surface area contributed by atoms with E-state index in [4.69, 9.17) is 0 Å². The molecule has 1 aromatic carbocycles. The van der Waals surface area contributed by atoms with Crippen molar-refractivity contribution in [2.24, 2.45) is 0 Å². The van der Waals surface area contributed by atoms with Crippen LogP contribution in [0.5, 0.6) is 0 Å². The van der Waals surface area contributed by atoms with Gasteiger partial charge in [0.25, 0.3) is 5.91 Å². The number of nitrogens with one attached hydrogen (secondary N) is 3. The molecule has 0 radical (unpaired) electrons. The van der Waals surface area contributed by atoms with Gasteiger partial charge in [-0.3, -0.25) is 9.59 Å². The Hall–Kier alpha value is -1.73. The fraction of sp³-hybridized carbons (Fsp3) is 0.556. The minimum atomic E-state index is -0.893. The highest BCUT2D eigenvalue weighted by Gasteiger charge is 2.33. The first-order valence-corrected chi connectivity index (χ1v) is 8.80. The van der Waals surface area contributed by atoms with Crippen molar-refractivity contribution < 1.29 is 18.4 Å². The molecule has 1 aromatic rings. The second kappa shape index (κ2) is 9.28. The van der Waals surface area contributed by atoms with E-state index >= 15 is 0 Å². The molecule has 2 aliphatic rings. The third kappa shape index (κ3) is 5.38. The van der Waals surface area contributed by atoms with Crippen LogP contribution in [0.15, 0.2) is 18.2 Å². The van der Waals surface area contributed by atoms with Gasteiger partial charge < -0.3 is 16.0 Å². The third-order valence-corrected chi connectivity index (χ3v) is 4.88. The van der Waals surface area contributed by atoms with Crippen LogP contribution in [-0.4, -0.2) is 36.5 Å². The lowest BCUT2D eigenvalue weighted by Gasteiger charge is -2.29. The molecule has 8 heteroatoms. The predicted octanol–water partition coefficient (Wildman–Crippen LogP) is 2.30. The third-order valence-electron chi connectivity index (χ3n) is 4.88. The summed E-state index contributed by atoms with van der Waals surface area (Å²) in [6.07, 6.45) is 5.10. The van der Waals surface area contributed by atoms with Crippen molar-refractivity contribution in [1.29, 1.82) is 0 Å². The van der Waals surface area contributed by atoms with Crippen LogP contribution >= 0.6 is 12.4 Å². The summed E-state index contributed by atoms with van der Waals surface area (Å²) in [5, 5.41) is 9.14. The van der Waals surface area contributed by atoms with E-state index in [-0.39, 0.29) is 36.5 Å². The first kappa shape index (κ1) is 20.6. The second-order valence-electron chi connectivity index (χ2n) is 6.86. The van der Waals surface area contributed by atoms with Crippen molar-refractivity contribution in [1.82, 2.24) is 16.0 Å². The zero-order valence-corrected chi connectivity index (χ0v) is 15.2. The highest BCUT2D eigenvalue weighted by atomic mass is 35.5. The van der Waals surface area contributed by atoms with Crippen LogP contribution in [0.1, 0.15) is 48.9 Å². The van der Waals surface area contributed by atoms with E-state index in [9.17, 15) is 18.4 Å². The van der Waals surface area contributed by atoms with Crippen LogP contribution in [0.2, 0.25) is 0 Å². The summed E-state index contributed by atoms with van der Waals surface area (Å²) in [7, 11) is 0. The maximum Gasteiger partial charge on any atom is 0.254 e. The average molecular weight is 388 g/mol. The monoisotopic (exact) mass is 387 g/mol. The zero-order valence-electron chi connectivity index (χ0n) is 14.4. The van der Waals surface area contributed by atoms with Crippen LogP contribution in [0, 0.1) is 11.6 Å². The van der Waals surface area contributed by atoms with Gasteiger partial charge in [0.15, 0.2) is 0 Å². The molecule has 2 atom stereocenters. The largest absolute Gasteiger partial charge is 0.353 e. The number of hydrogen-bond donors (Lipinski definition) is 3. The Morgan fingerprint density at radius 3 is 2.50 bits per heavy atom. The number of benzene rings is 1. The molecule has 2 amide bonds. The van der Waals surface area contributed by atoms with E-state index in [0.717, 1.165) is 25.0 Å². The molecule has 3 rings (SSSR count). The molecule has 2 heterocycles. The van der Waals surface area contributed by atoms with Crippen molar-refractivity contribution in [3.8, 4) is 0 Å². The SMILES string of the molecule is Cl.O=C(CCCNC(=O)c1ccc(F)cc1F)NC1CC2CCC(C1)N2. The summed E-state index contributed by atoms with van der Waals surface area (Å²) in [4.78, 5) is 23.8. The van der Waals surface area contributed by atoms with Gasteiger partial charge in [0.2, 0.25) is 5.91 Å². The number of rotatable bonds is 6. The summed E-state index contributed by atoms with van der Waals surface area (Å²) in [5.41, 5.74) is -0.198. The molecular formula is C18H24ClF2N3O2. The van der Waals surface area contributed by atoms with Crippen molar-refractivity contribution in [3.63, 3.8) is 0 Å². The standard InChI is InChI=1S/C18H23F2N3O2.ClH/c19-11-3-6-15(16(20)8-11)18(25)21-7-1-2-17(24)23-14-9-12-4-5-13(10-14)22-12;/h3,6,8,12-14,22H,1-2,4-5,7,9-10H2,(H,21,25)(H,23,24);1H. The van der Waals surface area contributed by atoms with Crippen molar-refractivity contribution in [2.45, 2.75) is 56.7 Å². The Morgan fingerprint density at radius 2 is 1.85 bits per heavy atom. The summed E-state index contributed by atoms with van der Waals surface area (Å²) < 4.78 is 26.3. The molecule has 2 saturated heterocycles. The molecule has 0 aliphatic carbocycles. The van der Waals surface area contributed by atoms with Crippen LogP contribution in [0.4, 0.5) is 8.78 Å². The molecule has 144 valence electrons. The van der Waals surface area contributed by atoms with E-state index in [1.54, 1.807) is 0 Å². The zero-order chi connectivity index (χ0) is 17.8. The molecule has 0 saturated carbocycles. The van der Waals surface area contributed by atoms with Crippen LogP contribution in [0.3, 0.4) is 0 Å². The number of fused-ring (bicyclic) bond motifs is 2. The Morgan fingerprint density at radius 1 is 1.15 bits per heavy atom. The minimum Gasteiger partial charge on any atom is -0.353 e. The van der Waals surface area contributed by atoms with E-state index in [0.29, 0.717) is 31.0 Å². The molecular weight excluding hydrogens is 364 g/mol. The number of carbonyl (C=O) groups excluding carboxylic acids is 2. The van der Waals surface area contributed by atoms with Gasteiger partial charge >= 0.3 is 0 Å². The number of piperidine rings is 1. The van der Waals surface area contributed by atoms with Crippen molar-refractivity contribution in [3.05, 3.63) is 35.4 Å². The molecule has 2 unspecified atom stereocenters. The van der Waals surface area contributed by atoms with Gasteiger partial charge in [-0.2, -0.15) is 0 Å². The first-order valence-electron chi connectivity index (χ1n) is 8.80. The summed E-state index contributed by atoms with van der Waals surface area (Å²) in [6, 6.07) is 4.10. The van der Waals surface area contributed by atoms with E-state index in [1.165, 1.54) is 12.8 Å². The fourth-order valence-electron chi connectivity index (χ4n) is 3.69. The highest BCUT2D eigenvalue weighted by molar-refractivity contribution is 5.94. The maximum absolute atomic E-state index is 13.5. The number of carbonyl (C=O) groups is 2. The van der Waals surface area contributed by atoms with Gasteiger partial charge in [0.1, 0.15) is 11.6 Å². The van der Waals surface area contributed by atoms with Gasteiger partial charge in [-0.05, 0) is 44.2 Å². The molecule has 5 nitrogen and oxygen atoms in total. The Labute approximate surface area is 157 Å². The quantitative estimate of drug-likeness (QED) is 0.656. The summed E-state index contributed by atoms with van der Waals surface area (Å²) >= 11 is 0. The van der Waals surface area contributed by atoms with E-state index in [2.05, 4.69) is 16.0 Å². The summed E-state index contributed by atoms with van der Waals surface area (Å²) in [5.74, 6) is -2.24. The average Bonchev–Trinajstić information content (AvgIpc) is 2.90. The van der Waals surface area contributed by atoms with Crippen molar-refractivity contribution in [2.75, 3.05) is 6.54 Å². The molecule has 26 heavy (non-hydrogen) atoms. The Bertz CT molecular complexity index is 647. The first-order chi connectivity index (χ1) is 12.0. The minimum absolute atomic E-state index is 0. The van der Waals surface area contributed by atoms with Gasteiger partial charge in [0.05, 0.1) is 5.56 Å². The molecule has 2 aliphatic heterocycles. The van der Waals surface area contributed by atoms with Gasteiger partial charge in [0, 0.05) is 37.2 Å². The van der Waals surface area contributed by atoms with Gasteiger partial charge in [-0.25, -0.2) is 8.78 Å². The Balaban J connectivity index is 0.00000243. The molecule has 2 fully saturated rings. The lowest BCUT2D eigenvalue weighted by molar-refractivity contribution is -0.122. The van der Waals surface area contributed by atoms with Crippen molar-refractivity contribution >= 4 is 24.2 Å². The predicted molar refractivity (Wildman–Crippen MR) is 96.3 cm³/mol. The topological polar surface area (TPSA) is 70.2 Å². The normalized spacial score (nSPS) is 23.8. The van der Waals surface area contributed by atoms with Crippen LogP contribution in [-0.2, 0) is 4.79 Å². The highest BCUT2D eigenvalue weighted by Crippen LogP contribution is 2.26. The number of amides is 2. The molecule has 0 aromatic heterocycles. The lowest BCUT2D eigenvalue weighted by Crippen LogP contribution is -2.48. The van der Waals surface area contributed by atoms with E-state index in [1.807, 2.05) is 0 Å². The molecule has 3 N–H and O–H groups in total. The second-order valence-corrected chi connectivity index (χ2v) is 6.86.